The summed E-state index contributed by atoms with van der Waals surface area (Å²) in [6, 6.07) is 12.3. The van der Waals surface area contributed by atoms with Crippen LogP contribution in [0.15, 0.2) is 51.4 Å². The highest BCUT2D eigenvalue weighted by Gasteiger charge is 2.32. The zero-order valence-corrected chi connectivity index (χ0v) is 21.9. The Bertz CT molecular complexity index is 1370. The number of carbonyl (C=O) groups excluding carboxylic acids is 1. The van der Waals surface area contributed by atoms with Crippen LogP contribution in [0.3, 0.4) is 0 Å². The monoisotopic (exact) mass is 553 g/mol. The van der Waals surface area contributed by atoms with Gasteiger partial charge >= 0.3 is 5.97 Å². The number of hydrogen-bond acceptors (Lipinski definition) is 6. The Labute approximate surface area is 217 Å². The molecule has 188 valence electrons. The molecule has 0 saturated carbocycles. The molecule has 2 heterocycles. The molecule has 2 N–H and O–H groups in total. The van der Waals surface area contributed by atoms with E-state index in [9.17, 15) is 14.7 Å². The number of carbonyl (C=O) groups is 2. The molecule has 36 heavy (non-hydrogen) atoms. The van der Waals surface area contributed by atoms with Crippen LogP contribution in [0.25, 0.3) is 33.7 Å². The van der Waals surface area contributed by atoms with E-state index in [1.807, 2.05) is 63.2 Å². The van der Waals surface area contributed by atoms with E-state index in [0.717, 1.165) is 39.4 Å². The number of amides is 1. The van der Waals surface area contributed by atoms with Gasteiger partial charge in [0.15, 0.2) is 0 Å². The van der Waals surface area contributed by atoms with E-state index in [2.05, 4.69) is 36.6 Å². The van der Waals surface area contributed by atoms with Gasteiger partial charge in [-0.1, -0.05) is 57.5 Å². The second-order valence-corrected chi connectivity index (χ2v) is 9.80. The quantitative estimate of drug-likeness (QED) is 0.259. The molecule has 1 atom stereocenters. The summed E-state index contributed by atoms with van der Waals surface area (Å²) in [5.41, 5.74) is 3.04. The maximum atomic E-state index is 13.0. The Morgan fingerprint density at radius 1 is 1.17 bits per heavy atom. The fraction of sp³-hybridized carbons (Fsp3) is 0.346. The normalized spacial score (nSPS) is 12.2. The molecule has 0 bridgehead atoms. The lowest BCUT2D eigenvalue weighted by atomic mass is 10.0. The number of nitrogens with zero attached hydrogens (tertiary/aromatic N) is 4. The highest BCUT2D eigenvalue weighted by molar-refractivity contribution is 9.10. The SMILES string of the molecule is CCCCC(=O)N(Cc1ccc2oc(-c3ccccc3-c3nn[nH]n3)c(Br)c2c1)[C@H](C(=O)O)C(C)C. The maximum Gasteiger partial charge on any atom is 0.326 e. The molecule has 4 rings (SSSR count). The van der Waals surface area contributed by atoms with Crippen molar-refractivity contribution in [3.05, 3.63) is 52.5 Å². The fourth-order valence-electron chi connectivity index (χ4n) is 4.33. The van der Waals surface area contributed by atoms with Crippen LogP contribution in [-0.4, -0.2) is 48.5 Å². The highest BCUT2D eigenvalue weighted by Crippen LogP contribution is 2.41. The second-order valence-electron chi connectivity index (χ2n) is 9.01. The van der Waals surface area contributed by atoms with Gasteiger partial charge in [-0.3, -0.25) is 4.79 Å². The lowest BCUT2D eigenvalue weighted by Crippen LogP contribution is -2.47. The highest BCUT2D eigenvalue weighted by atomic mass is 79.9. The Balaban J connectivity index is 1.72. The fourth-order valence-corrected chi connectivity index (χ4v) is 4.93. The van der Waals surface area contributed by atoms with Crippen LogP contribution in [-0.2, 0) is 16.1 Å². The Hall–Kier alpha value is -3.53. The van der Waals surface area contributed by atoms with Crippen molar-refractivity contribution in [3.63, 3.8) is 0 Å². The van der Waals surface area contributed by atoms with Crippen molar-refractivity contribution >= 4 is 38.8 Å². The number of aromatic nitrogens is 4. The van der Waals surface area contributed by atoms with E-state index in [1.165, 1.54) is 4.90 Å². The van der Waals surface area contributed by atoms with Gasteiger partial charge in [0.2, 0.25) is 11.7 Å². The number of carboxylic acid groups (broad SMARTS) is 1. The standard InChI is InChI=1S/C26H28BrN5O4/c1-4-5-10-21(33)32(23(15(2)3)26(34)35)14-16-11-12-20-19(13-16)22(27)24(36-20)17-8-6-7-9-18(17)25-28-30-31-29-25/h6-9,11-13,15,23H,4-5,10,14H2,1-3H3,(H,34,35)(H,28,29,30,31)/t23-/m0/s1. The number of benzene rings is 2. The van der Waals surface area contributed by atoms with Crippen molar-refractivity contribution in [3.8, 4) is 22.7 Å². The summed E-state index contributed by atoms with van der Waals surface area (Å²) in [6.45, 7) is 5.85. The zero-order valence-electron chi connectivity index (χ0n) is 20.4. The summed E-state index contributed by atoms with van der Waals surface area (Å²) in [7, 11) is 0. The first-order valence-electron chi connectivity index (χ1n) is 11.9. The van der Waals surface area contributed by atoms with Crippen LogP contribution in [0.2, 0.25) is 0 Å². The number of aliphatic carboxylic acids is 1. The number of nitrogens with one attached hydrogen (secondary N) is 1. The molecule has 9 nitrogen and oxygen atoms in total. The van der Waals surface area contributed by atoms with Crippen LogP contribution in [0.5, 0.6) is 0 Å². The van der Waals surface area contributed by atoms with Crippen molar-refractivity contribution < 1.29 is 19.1 Å². The van der Waals surface area contributed by atoms with Gasteiger partial charge < -0.3 is 14.4 Å². The number of aromatic amines is 1. The molecule has 2 aromatic heterocycles. The average molecular weight is 554 g/mol. The number of halogens is 1. The maximum absolute atomic E-state index is 13.0. The van der Waals surface area contributed by atoms with E-state index in [4.69, 9.17) is 4.42 Å². The van der Waals surface area contributed by atoms with Gasteiger partial charge in [-0.25, -0.2) is 4.79 Å². The molecule has 2 aromatic carbocycles. The number of fused-ring (bicyclic) bond motifs is 1. The van der Waals surface area contributed by atoms with Crippen LogP contribution in [0.1, 0.15) is 45.6 Å². The first kappa shape index (κ1) is 25.6. The molecule has 0 aliphatic heterocycles. The van der Waals surface area contributed by atoms with Crippen molar-refractivity contribution in [2.24, 2.45) is 5.92 Å². The van der Waals surface area contributed by atoms with E-state index in [-0.39, 0.29) is 18.4 Å². The minimum absolute atomic E-state index is 0.154. The summed E-state index contributed by atoms with van der Waals surface area (Å²) in [6.07, 6.45) is 1.90. The van der Waals surface area contributed by atoms with E-state index in [1.54, 1.807) is 0 Å². The lowest BCUT2D eigenvalue weighted by Gasteiger charge is -2.31. The minimum atomic E-state index is -0.999. The van der Waals surface area contributed by atoms with Gasteiger partial charge in [0.1, 0.15) is 17.4 Å². The Kier molecular flexibility index (Phi) is 7.83. The van der Waals surface area contributed by atoms with Gasteiger partial charge in [0, 0.05) is 29.5 Å². The summed E-state index contributed by atoms with van der Waals surface area (Å²) in [5, 5.41) is 25.0. The summed E-state index contributed by atoms with van der Waals surface area (Å²) >= 11 is 3.69. The first-order valence-corrected chi connectivity index (χ1v) is 12.7. The summed E-state index contributed by atoms with van der Waals surface area (Å²) < 4.78 is 6.95. The second kappa shape index (κ2) is 11.0. The topological polar surface area (TPSA) is 125 Å². The molecule has 0 aliphatic rings. The molecule has 0 saturated heterocycles. The summed E-state index contributed by atoms with van der Waals surface area (Å²) in [4.78, 5) is 26.6. The van der Waals surface area contributed by atoms with Crippen molar-refractivity contribution in [1.82, 2.24) is 25.5 Å². The molecule has 0 aliphatic carbocycles. The molecule has 0 radical (unpaired) electrons. The minimum Gasteiger partial charge on any atom is -0.480 e. The number of hydrogen-bond donors (Lipinski definition) is 2. The Morgan fingerprint density at radius 3 is 2.56 bits per heavy atom. The van der Waals surface area contributed by atoms with Crippen LogP contribution in [0, 0.1) is 5.92 Å². The molecule has 0 unspecified atom stereocenters. The zero-order chi connectivity index (χ0) is 25.8. The number of tetrazole rings is 1. The molecule has 0 spiro atoms. The third-order valence-electron chi connectivity index (χ3n) is 6.09. The smallest absolute Gasteiger partial charge is 0.326 e. The van der Waals surface area contributed by atoms with E-state index >= 15 is 0 Å². The van der Waals surface area contributed by atoms with Gasteiger partial charge in [0.05, 0.1) is 4.47 Å². The number of rotatable bonds is 10. The molecular weight excluding hydrogens is 526 g/mol. The van der Waals surface area contributed by atoms with Gasteiger partial charge in [0.25, 0.3) is 0 Å². The van der Waals surface area contributed by atoms with E-state index in [0.29, 0.717) is 23.6 Å². The van der Waals surface area contributed by atoms with Crippen LogP contribution < -0.4 is 0 Å². The number of carboxylic acids is 1. The molecule has 4 aromatic rings. The predicted molar refractivity (Wildman–Crippen MR) is 139 cm³/mol. The lowest BCUT2D eigenvalue weighted by molar-refractivity contribution is -0.153. The molecular formula is C26H28BrN5O4. The van der Waals surface area contributed by atoms with Crippen molar-refractivity contribution in [2.75, 3.05) is 0 Å². The average Bonchev–Trinajstić information content (AvgIpc) is 3.50. The van der Waals surface area contributed by atoms with Crippen molar-refractivity contribution in [1.29, 1.82) is 0 Å². The van der Waals surface area contributed by atoms with Gasteiger partial charge in [-0.2, -0.15) is 5.21 Å². The summed E-state index contributed by atoms with van der Waals surface area (Å²) in [5.74, 6) is -0.317. The molecule has 10 heteroatoms. The molecule has 1 amide bonds. The van der Waals surface area contributed by atoms with Crippen molar-refractivity contribution in [2.45, 2.75) is 52.6 Å². The number of unbranched alkanes of at least 4 members (excludes halogenated alkanes) is 1. The van der Waals surface area contributed by atoms with Gasteiger partial charge in [-0.05, 0) is 51.2 Å². The first-order chi connectivity index (χ1) is 17.3. The van der Waals surface area contributed by atoms with Crippen LogP contribution in [0.4, 0.5) is 0 Å². The Morgan fingerprint density at radius 2 is 1.92 bits per heavy atom. The third kappa shape index (κ3) is 5.18. The van der Waals surface area contributed by atoms with Crippen LogP contribution >= 0.6 is 15.9 Å². The number of H-pyrrole nitrogens is 1. The third-order valence-corrected chi connectivity index (χ3v) is 6.87. The van der Waals surface area contributed by atoms with Gasteiger partial charge in [-0.15, -0.1) is 10.2 Å². The van der Waals surface area contributed by atoms with E-state index < -0.39 is 12.0 Å². The largest absolute Gasteiger partial charge is 0.480 e. The predicted octanol–water partition coefficient (Wildman–Crippen LogP) is 5.67. The molecule has 0 fully saturated rings. The number of furan rings is 1.